The molecule has 26 heavy (non-hydrogen) atoms. The Labute approximate surface area is 161 Å². The minimum Gasteiger partial charge on any atom is -0.368 e. The molecule has 2 aromatic rings. The number of halogens is 1. The molecule has 0 bridgehead atoms. The van der Waals surface area contributed by atoms with Gasteiger partial charge in [0, 0.05) is 17.6 Å². The molecule has 144 valence electrons. The SMILES string of the molecule is CCOP(=O)(CC)CC[C@H]1O[C@@H](n2cnc3c(Cl)nc(N)nc32)[C@@H](C)S1. The van der Waals surface area contributed by atoms with Crippen LogP contribution in [0.15, 0.2) is 6.33 Å². The number of rotatable bonds is 7. The molecule has 1 unspecified atom stereocenters. The van der Waals surface area contributed by atoms with Gasteiger partial charge in [-0.2, -0.15) is 9.97 Å². The number of imidazole rings is 1. The number of nitrogens with zero attached hydrogens (tertiary/aromatic N) is 4. The van der Waals surface area contributed by atoms with Crippen LogP contribution in [0.3, 0.4) is 0 Å². The van der Waals surface area contributed by atoms with E-state index in [9.17, 15) is 4.57 Å². The molecule has 0 radical (unpaired) electrons. The summed E-state index contributed by atoms with van der Waals surface area (Å²) in [6.07, 6.45) is 3.11. The fraction of sp³-hybridized carbons (Fsp3) is 0.667. The van der Waals surface area contributed by atoms with Crippen molar-refractivity contribution in [3.05, 3.63) is 11.5 Å². The van der Waals surface area contributed by atoms with E-state index in [2.05, 4.69) is 21.9 Å². The van der Waals surface area contributed by atoms with Gasteiger partial charge in [-0.3, -0.25) is 9.13 Å². The second-order valence-corrected chi connectivity index (χ2v) is 10.9. The Morgan fingerprint density at radius 2 is 2.23 bits per heavy atom. The lowest BCUT2D eigenvalue weighted by Gasteiger charge is -2.19. The van der Waals surface area contributed by atoms with Crippen LogP contribution in [-0.2, 0) is 13.8 Å². The van der Waals surface area contributed by atoms with E-state index in [4.69, 9.17) is 26.6 Å². The van der Waals surface area contributed by atoms with Crippen LogP contribution >= 0.6 is 30.7 Å². The molecule has 0 aliphatic carbocycles. The molecule has 1 aliphatic rings. The number of nitrogen functional groups attached to an aromatic ring is 1. The maximum atomic E-state index is 12.6. The Balaban J connectivity index is 1.74. The van der Waals surface area contributed by atoms with Gasteiger partial charge in [0.05, 0.1) is 12.9 Å². The first kappa shape index (κ1) is 19.9. The zero-order chi connectivity index (χ0) is 18.9. The summed E-state index contributed by atoms with van der Waals surface area (Å²) in [7, 11) is -2.57. The van der Waals surface area contributed by atoms with Crippen LogP contribution in [0.5, 0.6) is 0 Å². The minimum atomic E-state index is -2.57. The van der Waals surface area contributed by atoms with Gasteiger partial charge in [0.1, 0.15) is 17.2 Å². The van der Waals surface area contributed by atoms with Crippen LogP contribution in [-0.4, -0.2) is 49.1 Å². The van der Waals surface area contributed by atoms with Gasteiger partial charge in [-0.05, 0) is 20.3 Å². The second kappa shape index (κ2) is 8.02. The van der Waals surface area contributed by atoms with Crippen molar-refractivity contribution in [2.45, 2.75) is 44.1 Å². The number of hydrogen-bond acceptors (Lipinski definition) is 8. The van der Waals surface area contributed by atoms with Gasteiger partial charge in [0.25, 0.3) is 0 Å². The van der Waals surface area contributed by atoms with Crippen molar-refractivity contribution in [3.8, 4) is 0 Å². The van der Waals surface area contributed by atoms with E-state index in [0.29, 0.717) is 36.5 Å². The molecule has 8 nitrogen and oxygen atoms in total. The normalized spacial score (nSPS) is 25.6. The van der Waals surface area contributed by atoms with E-state index >= 15 is 0 Å². The summed E-state index contributed by atoms with van der Waals surface area (Å²) in [5.41, 5.74) is 6.69. The van der Waals surface area contributed by atoms with Crippen LogP contribution in [0.1, 0.15) is 33.4 Å². The molecule has 1 fully saturated rings. The molecule has 0 aromatic carbocycles. The summed E-state index contributed by atoms with van der Waals surface area (Å²) in [6, 6.07) is 0. The Kier molecular flexibility index (Phi) is 6.14. The Bertz CT molecular complexity index is 835. The first-order valence-corrected chi connectivity index (χ1v) is 11.9. The summed E-state index contributed by atoms with van der Waals surface area (Å²) >= 11 is 7.80. The van der Waals surface area contributed by atoms with Gasteiger partial charge in [0.2, 0.25) is 13.3 Å². The molecule has 1 saturated heterocycles. The molecular weight excluding hydrogens is 397 g/mol. The summed E-state index contributed by atoms with van der Waals surface area (Å²) in [6.45, 7) is 6.31. The number of thioether (sulfide) groups is 1. The van der Waals surface area contributed by atoms with Crippen molar-refractivity contribution < 1.29 is 13.8 Å². The van der Waals surface area contributed by atoms with Crippen LogP contribution in [0, 0.1) is 0 Å². The predicted molar refractivity (Wildman–Crippen MR) is 105 cm³/mol. The first-order valence-electron chi connectivity index (χ1n) is 8.56. The topological polar surface area (TPSA) is 105 Å². The fourth-order valence-electron chi connectivity index (χ4n) is 2.97. The van der Waals surface area contributed by atoms with Gasteiger partial charge in [-0.15, -0.1) is 11.8 Å². The summed E-state index contributed by atoms with van der Waals surface area (Å²) < 4.78 is 26.1. The minimum absolute atomic E-state index is 0.0672. The molecule has 3 heterocycles. The average Bonchev–Trinajstić information content (AvgIpc) is 3.16. The molecule has 0 spiro atoms. The standard InChI is InChI=1S/C15H23ClN5O3PS/c1-4-23-25(22,5-2)7-6-10-24-14(9(3)26-10)21-8-18-11-12(16)19-15(17)20-13(11)21/h8-10,14H,4-7H2,1-3H3,(H2,17,19,20)/t9-,10+,14-,25?/m1/s1. The molecule has 11 heteroatoms. The van der Waals surface area contributed by atoms with E-state index in [1.54, 1.807) is 18.1 Å². The number of hydrogen-bond donors (Lipinski definition) is 1. The average molecular weight is 420 g/mol. The summed E-state index contributed by atoms with van der Waals surface area (Å²) in [5.74, 6) is 0.0969. The van der Waals surface area contributed by atoms with Gasteiger partial charge in [-0.25, -0.2) is 4.98 Å². The quantitative estimate of drug-likeness (QED) is 0.534. The third kappa shape index (κ3) is 4.02. The van der Waals surface area contributed by atoms with Gasteiger partial charge >= 0.3 is 0 Å². The number of aromatic nitrogens is 4. The number of nitrogens with two attached hydrogens (primary N) is 1. The molecule has 0 saturated carbocycles. The lowest BCUT2D eigenvalue weighted by Crippen LogP contribution is -2.17. The second-order valence-electron chi connectivity index (χ2n) is 6.05. The first-order chi connectivity index (χ1) is 12.4. The maximum Gasteiger partial charge on any atom is 0.223 e. The van der Waals surface area contributed by atoms with Gasteiger partial charge in [0.15, 0.2) is 10.8 Å². The van der Waals surface area contributed by atoms with Crippen molar-refractivity contribution in [3.63, 3.8) is 0 Å². The zero-order valence-electron chi connectivity index (χ0n) is 15.0. The molecule has 1 aliphatic heterocycles. The highest BCUT2D eigenvalue weighted by molar-refractivity contribution is 8.00. The molecular formula is C15H23ClN5O3PS. The number of ether oxygens (including phenoxy) is 1. The van der Waals surface area contributed by atoms with Gasteiger partial charge in [-0.1, -0.05) is 18.5 Å². The molecule has 3 rings (SSSR count). The predicted octanol–water partition coefficient (Wildman–Crippen LogP) is 3.76. The highest BCUT2D eigenvalue weighted by Crippen LogP contribution is 2.49. The van der Waals surface area contributed by atoms with Crippen molar-refractivity contribution in [2.24, 2.45) is 0 Å². The van der Waals surface area contributed by atoms with E-state index in [1.807, 2.05) is 18.4 Å². The lowest BCUT2D eigenvalue weighted by atomic mass is 10.4. The van der Waals surface area contributed by atoms with E-state index in [1.165, 1.54) is 0 Å². The van der Waals surface area contributed by atoms with E-state index in [-0.39, 0.29) is 28.0 Å². The van der Waals surface area contributed by atoms with Crippen LogP contribution in [0.4, 0.5) is 5.95 Å². The summed E-state index contributed by atoms with van der Waals surface area (Å²) in [5, 5.41) is 0.391. The van der Waals surface area contributed by atoms with Crippen molar-refractivity contribution in [2.75, 3.05) is 24.7 Å². The highest BCUT2D eigenvalue weighted by atomic mass is 35.5. The lowest BCUT2D eigenvalue weighted by molar-refractivity contribution is 0.00786. The molecule has 2 aromatic heterocycles. The summed E-state index contributed by atoms with van der Waals surface area (Å²) in [4.78, 5) is 12.5. The van der Waals surface area contributed by atoms with Crippen LogP contribution < -0.4 is 5.73 Å². The Hall–Kier alpha value is -0.860. The third-order valence-corrected chi connectivity index (χ3v) is 8.49. The van der Waals surface area contributed by atoms with Gasteiger partial charge < -0.3 is 15.0 Å². The van der Waals surface area contributed by atoms with Crippen molar-refractivity contribution in [1.82, 2.24) is 19.5 Å². The fourth-order valence-corrected chi connectivity index (χ4v) is 6.33. The van der Waals surface area contributed by atoms with Crippen LogP contribution in [0.25, 0.3) is 11.2 Å². The largest absolute Gasteiger partial charge is 0.368 e. The van der Waals surface area contributed by atoms with E-state index < -0.39 is 7.37 Å². The number of fused-ring (bicyclic) bond motifs is 1. The monoisotopic (exact) mass is 419 g/mol. The molecule has 2 N–H and O–H groups in total. The Morgan fingerprint density at radius 1 is 1.46 bits per heavy atom. The number of anilines is 1. The Morgan fingerprint density at radius 3 is 2.92 bits per heavy atom. The maximum absolute atomic E-state index is 12.6. The zero-order valence-corrected chi connectivity index (χ0v) is 17.4. The van der Waals surface area contributed by atoms with E-state index in [0.717, 1.165) is 0 Å². The van der Waals surface area contributed by atoms with Crippen LogP contribution in [0.2, 0.25) is 5.15 Å². The molecule has 4 atom stereocenters. The smallest absolute Gasteiger partial charge is 0.223 e. The van der Waals surface area contributed by atoms with Crippen molar-refractivity contribution >= 4 is 47.8 Å². The molecule has 0 amide bonds. The highest BCUT2D eigenvalue weighted by Gasteiger charge is 2.36. The van der Waals surface area contributed by atoms with Crippen molar-refractivity contribution in [1.29, 1.82) is 0 Å². The third-order valence-electron chi connectivity index (χ3n) is 4.28.